The summed E-state index contributed by atoms with van der Waals surface area (Å²) in [6, 6.07) is 28.7. The van der Waals surface area contributed by atoms with Crippen LogP contribution in [0.3, 0.4) is 0 Å². The number of benzene rings is 4. The van der Waals surface area contributed by atoms with Crippen molar-refractivity contribution in [3.8, 4) is 0 Å². The van der Waals surface area contributed by atoms with Gasteiger partial charge in [0, 0.05) is 11.3 Å². The normalized spacial score (nSPS) is 11.2. The summed E-state index contributed by atoms with van der Waals surface area (Å²) in [4.78, 5) is 12.8. The summed E-state index contributed by atoms with van der Waals surface area (Å²) in [7, 11) is -3.79. The molecule has 178 valence electrons. The molecule has 1 N–H and O–H groups in total. The molecule has 0 radical (unpaired) electrons. The van der Waals surface area contributed by atoms with Gasteiger partial charge in [0.15, 0.2) is 0 Å². The van der Waals surface area contributed by atoms with Crippen molar-refractivity contribution >= 4 is 27.3 Å². The Bertz CT molecular complexity index is 1450. The van der Waals surface area contributed by atoms with Gasteiger partial charge in [0.1, 0.15) is 0 Å². The number of anilines is 2. The fourth-order valence-electron chi connectivity index (χ4n) is 3.76. The number of hydrogen-bond acceptors (Lipinski definition) is 3. The predicted octanol–water partition coefficient (Wildman–Crippen LogP) is 6.26. The average Bonchev–Trinajstić information content (AvgIpc) is 2.86. The Hall–Kier alpha value is -3.90. The van der Waals surface area contributed by atoms with Crippen LogP contribution in [0.4, 0.5) is 11.4 Å². The van der Waals surface area contributed by atoms with E-state index in [1.54, 1.807) is 48.5 Å². The number of amides is 1. The molecule has 0 saturated heterocycles. The molecule has 35 heavy (non-hydrogen) atoms. The van der Waals surface area contributed by atoms with Gasteiger partial charge in [-0.05, 0) is 86.0 Å². The Morgan fingerprint density at radius 3 is 2.14 bits per heavy atom. The van der Waals surface area contributed by atoms with Crippen molar-refractivity contribution in [2.75, 3.05) is 9.62 Å². The van der Waals surface area contributed by atoms with E-state index in [4.69, 9.17) is 0 Å². The number of nitrogens with one attached hydrogen (secondary N) is 1. The number of carbonyl (C=O) groups excluding carboxylic acids is 1. The van der Waals surface area contributed by atoms with Crippen molar-refractivity contribution in [3.05, 3.63) is 125 Å². The predicted molar refractivity (Wildman–Crippen MR) is 141 cm³/mol. The molecule has 0 atom stereocenters. The van der Waals surface area contributed by atoms with Crippen LogP contribution in [0.1, 0.15) is 32.6 Å². The minimum absolute atomic E-state index is 0.159. The third kappa shape index (κ3) is 5.61. The van der Waals surface area contributed by atoms with Crippen molar-refractivity contribution in [2.24, 2.45) is 0 Å². The number of hydrogen-bond donors (Lipinski definition) is 1. The average molecular weight is 485 g/mol. The molecule has 4 aromatic carbocycles. The van der Waals surface area contributed by atoms with Crippen LogP contribution in [-0.4, -0.2) is 14.3 Å². The molecule has 5 nitrogen and oxygen atoms in total. The second-order valence-electron chi connectivity index (χ2n) is 8.61. The van der Waals surface area contributed by atoms with E-state index in [-0.39, 0.29) is 17.3 Å². The molecule has 0 bridgehead atoms. The maximum atomic E-state index is 13.6. The lowest BCUT2D eigenvalue weighted by molar-refractivity contribution is 0.102. The van der Waals surface area contributed by atoms with Gasteiger partial charge in [0.2, 0.25) is 0 Å². The van der Waals surface area contributed by atoms with E-state index < -0.39 is 10.0 Å². The van der Waals surface area contributed by atoms with Gasteiger partial charge in [-0.3, -0.25) is 9.10 Å². The van der Waals surface area contributed by atoms with Crippen molar-refractivity contribution < 1.29 is 13.2 Å². The summed E-state index contributed by atoms with van der Waals surface area (Å²) in [5, 5.41) is 2.90. The molecule has 0 saturated carbocycles. The summed E-state index contributed by atoms with van der Waals surface area (Å²) < 4.78 is 28.6. The third-order valence-corrected chi connectivity index (χ3v) is 7.72. The smallest absolute Gasteiger partial charge is 0.264 e. The Kier molecular flexibility index (Phi) is 7.03. The first kappa shape index (κ1) is 24.2. The van der Waals surface area contributed by atoms with Gasteiger partial charge >= 0.3 is 0 Å². The Morgan fingerprint density at radius 2 is 1.49 bits per heavy atom. The van der Waals surface area contributed by atoms with Crippen LogP contribution in [0.2, 0.25) is 0 Å². The van der Waals surface area contributed by atoms with Crippen LogP contribution >= 0.6 is 0 Å². The molecule has 4 rings (SSSR count). The van der Waals surface area contributed by atoms with Crippen LogP contribution in [0.5, 0.6) is 0 Å². The first-order valence-electron chi connectivity index (χ1n) is 11.4. The van der Waals surface area contributed by atoms with Gasteiger partial charge in [0.25, 0.3) is 15.9 Å². The van der Waals surface area contributed by atoms with Crippen molar-refractivity contribution in [3.63, 3.8) is 0 Å². The second-order valence-corrected chi connectivity index (χ2v) is 10.5. The number of rotatable bonds is 7. The van der Waals surface area contributed by atoms with E-state index in [1.807, 2.05) is 69.3 Å². The fraction of sp³-hybridized carbons (Fsp3) is 0.138. The molecule has 0 aromatic heterocycles. The lowest BCUT2D eigenvalue weighted by Gasteiger charge is -2.25. The van der Waals surface area contributed by atoms with E-state index >= 15 is 0 Å². The molecular weight excluding hydrogens is 456 g/mol. The van der Waals surface area contributed by atoms with Gasteiger partial charge < -0.3 is 5.32 Å². The van der Waals surface area contributed by atoms with E-state index in [1.165, 1.54) is 4.31 Å². The fourth-order valence-corrected chi connectivity index (χ4v) is 5.23. The zero-order valence-corrected chi connectivity index (χ0v) is 20.8. The van der Waals surface area contributed by atoms with E-state index in [9.17, 15) is 13.2 Å². The third-order valence-electron chi connectivity index (χ3n) is 5.93. The molecular formula is C29H28N2O3S. The Morgan fingerprint density at radius 1 is 0.771 bits per heavy atom. The summed E-state index contributed by atoms with van der Waals surface area (Å²) >= 11 is 0. The Labute approximate surface area is 207 Å². The van der Waals surface area contributed by atoms with Gasteiger partial charge in [0.05, 0.1) is 17.1 Å². The van der Waals surface area contributed by atoms with Gasteiger partial charge in [-0.15, -0.1) is 0 Å². The SMILES string of the molecule is Cc1cccc(C(=O)Nc2ccc(CN(c3ccc(C)c(C)c3)S(=O)(=O)c3ccccc3)cc2)c1. The van der Waals surface area contributed by atoms with E-state index in [0.717, 1.165) is 22.3 Å². The molecule has 0 aliphatic carbocycles. The first-order valence-corrected chi connectivity index (χ1v) is 12.8. The number of sulfonamides is 1. The maximum absolute atomic E-state index is 13.6. The molecule has 6 heteroatoms. The summed E-state index contributed by atoms with van der Waals surface area (Å²) in [6.45, 7) is 6.07. The largest absolute Gasteiger partial charge is 0.322 e. The van der Waals surface area contributed by atoms with Crippen LogP contribution in [0.25, 0.3) is 0 Å². The Balaban J connectivity index is 1.61. The quantitative estimate of drug-likeness (QED) is 0.337. The summed E-state index contributed by atoms with van der Waals surface area (Å²) in [6.07, 6.45) is 0. The summed E-state index contributed by atoms with van der Waals surface area (Å²) in [5.74, 6) is -0.190. The number of nitrogens with zero attached hydrogens (tertiary/aromatic N) is 1. The molecule has 0 aliphatic heterocycles. The molecule has 4 aromatic rings. The summed E-state index contributed by atoms with van der Waals surface area (Å²) in [5.41, 5.74) is 5.77. The van der Waals surface area contributed by atoms with Gasteiger partial charge in [-0.25, -0.2) is 8.42 Å². The van der Waals surface area contributed by atoms with Crippen LogP contribution < -0.4 is 9.62 Å². The van der Waals surface area contributed by atoms with Crippen LogP contribution in [0, 0.1) is 20.8 Å². The minimum Gasteiger partial charge on any atom is -0.322 e. The van der Waals surface area contributed by atoms with Crippen molar-refractivity contribution in [1.82, 2.24) is 0 Å². The molecule has 0 spiro atoms. The molecule has 0 fully saturated rings. The zero-order valence-electron chi connectivity index (χ0n) is 20.0. The monoisotopic (exact) mass is 484 g/mol. The molecule has 0 heterocycles. The molecule has 1 amide bonds. The highest BCUT2D eigenvalue weighted by Gasteiger charge is 2.25. The van der Waals surface area contributed by atoms with Crippen molar-refractivity contribution in [2.45, 2.75) is 32.2 Å². The highest BCUT2D eigenvalue weighted by Crippen LogP contribution is 2.28. The molecule has 0 aliphatic rings. The second kappa shape index (κ2) is 10.2. The topological polar surface area (TPSA) is 66.5 Å². The highest BCUT2D eigenvalue weighted by molar-refractivity contribution is 7.92. The molecule has 0 unspecified atom stereocenters. The zero-order chi connectivity index (χ0) is 25.0. The van der Waals surface area contributed by atoms with Crippen LogP contribution in [0.15, 0.2) is 102 Å². The van der Waals surface area contributed by atoms with Crippen LogP contribution in [-0.2, 0) is 16.6 Å². The number of carbonyl (C=O) groups is 1. The van der Waals surface area contributed by atoms with Gasteiger partial charge in [-0.1, -0.05) is 54.1 Å². The maximum Gasteiger partial charge on any atom is 0.264 e. The highest BCUT2D eigenvalue weighted by atomic mass is 32.2. The first-order chi connectivity index (χ1) is 16.7. The standard InChI is InChI=1S/C29H28N2O3S/c1-21-8-7-9-25(18-21)29(32)30-26-15-13-24(14-16-26)20-31(27-17-12-22(2)23(3)19-27)35(33,34)28-10-5-4-6-11-28/h4-19H,20H2,1-3H3,(H,30,32). The van der Waals surface area contributed by atoms with E-state index in [0.29, 0.717) is 16.9 Å². The minimum atomic E-state index is -3.79. The number of aryl methyl sites for hydroxylation is 3. The lowest BCUT2D eigenvalue weighted by atomic mass is 10.1. The van der Waals surface area contributed by atoms with Crippen molar-refractivity contribution in [1.29, 1.82) is 0 Å². The van der Waals surface area contributed by atoms with Gasteiger partial charge in [-0.2, -0.15) is 0 Å². The lowest BCUT2D eigenvalue weighted by Crippen LogP contribution is -2.30. The van der Waals surface area contributed by atoms with E-state index in [2.05, 4.69) is 5.32 Å².